The summed E-state index contributed by atoms with van der Waals surface area (Å²) >= 11 is 0. The largest absolute Gasteiger partial charge is 0.364 e. The summed E-state index contributed by atoms with van der Waals surface area (Å²) in [6, 6.07) is 0. The molecule has 1 unspecified atom stereocenters. The SMILES string of the molecule is CCOC(C)NCC(C)(C)C. The standard InChI is InChI=1S/C9H21NO/c1-6-11-8(2)10-7-9(3,4)5/h8,10H,6-7H2,1-5H3. The van der Waals surface area contributed by atoms with E-state index in [0.717, 1.165) is 13.2 Å². The zero-order valence-corrected chi connectivity index (χ0v) is 8.40. The second kappa shape index (κ2) is 4.73. The van der Waals surface area contributed by atoms with Crippen LogP contribution < -0.4 is 5.32 Å². The molecule has 0 aliphatic carbocycles. The van der Waals surface area contributed by atoms with Gasteiger partial charge in [0.2, 0.25) is 0 Å². The highest BCUT2D eigenvalue weighted by Gasteiger charge is 2.10. The summed E-state index contributed by atoms with van der Waals surface area (Å²) in [5.41, 5.74) is 0.339. The first-order valence-corrected chi connectivity index (χ1v) is 4.30. The molecule has 0 aliphatic heterocycles. The fourth-order valence-electron chi connectivity index (χ4n) is 0.759. The van der Waals surface area contributed by atoms with Gasteiger partial charge in [0.25, 0.3) is 0 Å². The Morgan fingerprint density at radius 2 is 1.91 bits per heavy atom. The Morgan fingerprint density at radius 1 is 1.36 bits per heavy atom. The van der Waals surface area contributed by atoms with Crippen LogP contribution in [0.2, 0.25) is 0 Å². The van der Waals surface area contributed by atoms with E-state index < -0.39 is 0 Å². The number of hydrogen-bond acceptors (Lipinski definition) is 2. The Morgan fingerprint density at radius 3 is 2.27 bits per heavy atom. The zero-order chi connectivity index (χ0) is 8.91. The fraction of sp³-hybridized carbons (Fsp3) is 1.00. The summed E-state index contributed by atoms with van der Waals surface area (Å²) in [6.07, 6.45) is 0.180. The second-order valence-corrected chi connectivity index (χ2v) is 4.04. The molecule has 0 aliphatic rings. The number of hydrogen-bond donors (Lipinski definition) is 1. The average Bonchev–Trinajstić information content (AvgIpc) is 1.83. The van der Waals surface area contributed by atoms with Gasteiger partial charge in [0.05, 0.1) is 0 Å². The van der Waals surface area contributed by atoms with Gasteiger partial charge < -0.3 is 4.74 Å². The maximum Gasteiger partial charge on any atom is 0.105 e. The minimum absolute atomic E-state index is 0.180. The quantitative estimate of drug-likeness (QED) is 0.633. The summed E-state index contributed by atoms with van der Waals surface area (Å²) in [6.45, 7) is 12.4. The molecule has 0 bridgehead atoms. The molecule has 11 heavy (non-hydrogen) atoms. The van der Waals surface area contributed by atoms with Crippen LogP contribution in [0.4, 0.5) is 0 Å². The van der Waals surface area contributed by atoms with Crippen molar-refractivity contribution < 1.29 is 4.74 Å². The third-order valence-electron chi connectivity index (χ3n) is 1.34. The Balaban J connectivity index is 3.38. The lowest BCUT2D eigenvalue weighted by Gasteiger charge is -2.22. The summed E-state index contributed by atoms with van der Waals surface area (Å²) in [5.74, 6) is 0. The van der Waals surface area contributed by atoms with Crippen molar-refractivity contribution in [3.8, 4) is 0 Å². The summed E-state index contributed by atoms with van der Waals surface area (Å²) < 4.78 is 5.33. The maximum absolute atomic E-state index is 5.33. The van der Waals surface area contributed by atoms with Gasteiger partial charge in [-0.3, -0.25) is 5.32 Å². The first-order chi connectivity index (χ1) is 4.95. The molecule has 0 radical (unpaired) electrons. The van der Waals surface area contributed by atoms with Crippen molar-refractivity contribution in [1.82, 2.24) is 5.32 Å². The molecular formula is C9H21NO. The van der Waals surface area contributed by atoms with Crippen molar-refractivity contribution in [3.63, 3.8) is 0 Å². The fourth-order valence-corrected chi connectivity index (χ4v) is 0.759. The van der Waals surface area contributed by atoms with Gasteiger partial charge in [0.1, 0.15) is 6.23 Å². The van der Waals surface area contributed by atoms with Crippen LogP contribution in [0.3, 0.4) is 0 Å². The molecule has 0 saturated carbocycles. The highest BCUT2D eigenvalue weighted by Crippen LogP contribution is 2.10. The molecule has 2 heteroatoms. The lowest BCUT2D eigenvalue weighted by Crippen LogP contribution is -2.35. The maximum atomic E-state index is 5.33. The van der Waals surface area contributed by atoms with Crippen molar-refractivity contribution in [3.05, 3.63) is 0 Å². The molecule has 0 aromatic carbocycles. The number of nitrogens with one attached hydrogen (secondary N) is 1. The van der Waals surface area contributed by atoms with Gasteiger partial charge >= 0.3 is 0 Å². The van der Waals surface area contributed by atoms with Gasteiger partial charge in [-0.1, -0.05) is 20.8 Å². The Kier molecular flexibility index (Phi) is 4.69. The number of ether oxygens (including phenoxy) is 1. The second-order valence-electron chi connectivity index (χ2n) is 4.04. The van der Waals surface area contributed by atoms with E-state index in [9.17, 15) is 0 Å². The van der Waals surface area contributed by atoms with E-state index in [0.29, 0.717) is 5.41 Å². The van der Waals surface area contributed by atoms with E-state index in [-0.39, 0.29) is 6.23 Å². The van der Waals surface area contributed by atoms with Gasteiger partial charge in [-0.05, 0) is 19.3 Å². The van der Waals surface area contributed by atoms with Crippen LogP contribution in [0, 0.1) is 5.41 Å². The average molecular weight is 159 g/mol. The molecular weight excluding hydrogens is 138 g/mol. The molecule has 2 nitrogen and oxygen atoms in total. The van der Waals surface area contributed by atoms with Gasteiger partial charge in [-0.2, -0.15) is 0 Å². The van der Waals surface area contributed by atoms with E-state index in [4.69, 9.17) is 4.74 Å². The van der Waals surface area contributed by atoms with Gasteiger partial charge in [-0.15, -0.1) is 0 Å². The highest BCUT2D eigenvalue weighted by atomic mass is 16.5. The van der Waals surface area contributed by atoms with Crippen molar-refractivity contribution in [2.75, 3.05) is 13.2 Å². The third-order valence-corrected chi connectivity index (χ3v) is 1.34. The van der Waals surface area contributed by atoms with Crippen molar-refractivity contribution in [1.29, 1.82) is 0 Å². The molecule has 68 valence electrons. The lowest BCUT2D eigenvalue weighted by molar-refractivity contribution is 0.0454. The van der Waals surface area contributed by atoms with Crippen LogP contribution in [0.25, 0.3) is 0 Å². The van der Waals surface area contributed by atoms with Crippen molar-refractivity contribution in [2.24, 2.45) is 5.41 Å². The van der Waals surface area contributed by atoms with E-state index in [1.807, 2.05) is 13.8 Å². The Labute approximate surface area is 70.3 Å². The monoisotopic (exact) mass is 159 g/mol. The van der Waals surface area contributed by atoms with Crippen LogP contribution in [-0.4, -0.2) is 19.4 Å². The highest BCUT2D eigenvalue weighted by molar-refractivity contribution is 4.65. The molecule has 0 spiro atoms. The van der Waals surface area contributed by atoms with E-state index in [1.54, 1.807) is 0 Å². The molecule has 0 heterocycles. The van der Waals surface area contributed by atoms with E-state index in [2.05, 4.69) is 26.1 Å². The molecule has 0 aromatic rings. The summed E-state index contributed by atoms with van der Waals surface area (Å²) in [5, 5.41) is 3.30. The number of rotatable bonds is 4. The minimum Gasteiger partial charge on any atom is -0.364 e. The molecule has 0 amide bonds. The molecule has 0 rings (SSSR count). The van der Waals surface area contributed by atoms with Crippen LogP contribution >= 0.6 is 0 Å². The van der Waals surface area contributed by atoms with Crippen molar-refractivity contribution >= 4 is 0 Å². The van der Waals surface area contributed by atoms with Crippen LogP contribution in [0.5, 0.6) is 0 Å². The summed E-state index contributed by atoms with van der Waals surface area (Å²) in [7, 11) is 0. The predicted molar refractivity (Wildman–Crippen MR) is 48.5 cm³/mol. The molecule has 1 atom stereocenters. The lowest BCUT2D eigenvalue weighted by atomic mass is 9.97. The normalized spacial score (nSPS) is 15.0. The zero-order valence-electron chi connectivity index (χ0n) is 8.40. The first-order valence-electron chi connectivity index (χ1n) is 4.30. The third kappa shape index (κ3) is 7.82. The smallest absolute Gasteiger partial charge is 0.105 e. The summed E-state index contributed by atoms with van der Waals surface area (Å²) in [4.78, 5) is 0. The van der Waals surface area contributed by atoms with Gasteiger partial charge in [0.15, 0.2) is 0 Å². The van der Waals surface area contributed by atoms with Gasteiger partial charge in [0, 0.05) is 13.2 Å². The van der Waals surface area contributed by atoms with E-state index >= 15 is 0 Å². The van der Waals surface area contributed by atoms with Crippen LogP contribution in [-0.2, 0) is 4.74 Å². The molecule has 0 aromatic heterocycles. The van der Waals surface area contributed by atoms with E-state index in [1.165, 1.54) is 0 Å². The topological polar surface area (TPSA) is 21.3 Å². The van der Waals surface area contributed by atoms with Crippen LogP contribution in [0.15, 0.2) is 0 Å². The van der Waals surface area contributed by atoms with Crippen molar-refractivity contribution in [2.45, 2.75) is 40.8 Å². The first kappa shape index (κ1) is 10.9. The Bertz CT molecular complexity index is 96.2. The Hall–Kier alpha value is -0.0800. The predicted octanol–water partition coefficient (Wildman–Crippen LogP) is 2.00. The molecule has 1 N–H and O–H groups in total. The molecule has 0 fully saturated rings. The minimum atomic E-state index is 0.180. The molecule has 0 saturated heterocycles. The van der Waals surface area contributed by atoms with Crippen LogP contribution in [0.1, 0.15) is 34.6 Å². The van der Waals surface area contributed by atoms with Gasteiger partial charge in [-0.25, -0.2) is 0 Å².